The topological polar surface area (TPSA) is 37.4 Å². The lowest BCUT2D eigenvalue weighted by molar-refractivity contribution is -0.149. The normalized spacial score (nSPS) is 17.4. The van der Waals surface area contributed by atoms with Crippen LogP contribution in [0.4, 0.5) is 0 Å². The number of alkyl halides is 1. The Morgan fingerprint density at radius 1 is 1.11 bits per heavy atom. The number of amides is 2. The van der Waals surface area contributed by atoms with E-state index in [1.165, 1.54) is 4.90 Å². The summed E-state index contributed by atoms with van der Waals surface area (Å²) in [5, 5.41) is 0.860. The van der Waals surface area contributed by atoms with E-state index in [0.717, 1.165) is 37.4 Å². The lowest BCUT2D eigenvalue weighted by Gasteiger charge is -2.37. The van der Waals surface area contributed by atoms with Crippen molar-refractivity contribution in [3.8, 4) is 0 Å². The summed E-state index contributed by atoms with van der Waals surface area (Å²) >= 11 is 3.59. The number of carbonyl (C=O) groups is 2. The van der Waals surface area contributed by atoms with E-state index in [0.29, 0.717) is 19.4 Å². The van der Waals surface area contributed by atoms with Gasteiger partial charge in [0.15, 0.2) is 0 Å². The molecule has 1 fully saturated rings. The number of likely N-dealkylation sites (tertiary alicyclic amines) is 1. The Labute approximate surface area is 118 Å². The lowest BCUT2D eigenvalue weighted by Crippen LogP contribution is -2.47. The molecule has 0 aromatic heterocycles. The Morgan fingerprint density at radius 2 is 1.61 bits per heavy atom. The van der Waals surface area contributed by atoms with E-state index in [-0.39, 0.29) is 17.2 Å². The monoisotopic (exact) mass is 317 g/mol. The molecule has 18 heavy (non-hydrogen) atoms. The number of piperidine rings is 1. The fourth-order valence-electron chi connectivity index (χ4n) is 2.83. The average Bonchev–Trinajstić information content (AvgIpc) is 2.34. The summed E-state index contributed by atoms with van der Waals surface area (Å²) in [5.74, 6) is 0.0348. The van der Waals surface area contributed by atoms with Crippen LogP contribution in [0.5, 0.6) is 0 Å². The van der Waals surface area contributed by atoms with Crippen LogP contribution < -0.4 is 0 Å². The first-order chi connectivity index (χ1) is 8.58. The van der Waals surface area contributed by atoms with Crippen LogP contribution in [0.25, 0.3) is 0 Å². The number of halogens is 1. The van der Waals surface area contributed by atoms with Crippen molar-refractivity contribution in [2.45, 2.75) is 58.8 Å². The van der Waals surface area contributed by atoms with Crippen molar-refractivity contribution < 1.29 is 9.59 Å². The number of imide groups is 1. The van der Waals surface area contributed by atoms with Crippen molar-refractivity contribution in [3.63, 3.8) is 0 Å². The van der Waals surface area contributed by atoms with Crippen LogP contribution in [0.15, 0.2) is 0 Å². The molecule has 1 heterocycles. The molecule has 0 spiro atoms. The first-order valence-electron chi connectivity index (χ1n) is 6.97. The van der Waals surface area contributed by atoms with E-state index in [4.69, 9.17) is 0 Å². The molecule has 0 saturated carbocycles. The van der Waals surface area contributed by atoms with Gasteiger partial charge in [-0.15, -0.1) is 0 Å². The Kier molecular flexibility index (Phi) is 6.33. The molecule has 3 nitrogen and oxygen atoms in total. The highest BCUT2D eigenvalue weighted by atomic mass is 79.9. The van der Waals surface area contributed by atoms with Gasteiger partial charge in [-0.05, 0) is 24.7 Å². The molecule has 4 heteroatoms. The van der Waals surface area contributed by atoms with Gasteiger partial charge in [-0.25, -0.2) is 0 Å². The minimum atomic E-state index is 0.0174. The molecule has 2 amide bonds. The summed E-state index contributed by atoms with van der Waals surface area (Å²) in [6.45, 7) is 4.91. The maximum Gasteiger partial charge on any atom is 0.229 e. The smallest absolute Gasteiger partial charge is 0.229 e. The third-order valence-corrected chi connectivity index (χ3v) is 4.91. The zero-order valence-corrected chi connectivity index (χ0v) is 13.1. The van der Waals surface area contributed by atoms with Gasteiger partial charge in [0.1, 0.15) is 0 Å². The summed E-state index contributed by atoms with van der Waals surface area (Å²) < 4.78 is 0. The highest BCUT2D eigenvalue weighted by Gasteiger charge is 2.35. The molecular formula is C14H24BrNO2. The Hall–Kier alpha value is -0.380. The highest BCUT2D eigenvalue weighted by molar-refractivity contribution is 9.09. The van der Waals surface area contributed by atoms with Crippen LogP contribution in [0, 0.1) is 5.41 Å². The molecule has 0 atom stereocenters. The van der Waals surface area contributed by atoms with Gasteiger partial charge in [0, 0.05) is 24.7 Å². The molecular weight excluding hydrogens is 294 g/mol. The number of hydrogen-bond donors (Lipinski definition) is 0. The average molecular weight is 318 g/mol. The van der Waals surface area contributed by atoms with Crippen LogP contribution in [-0.4, -0.2) is 28.6 Å². The summed E-state index contributed by atoms with van der Waals surface area (Å²) in [7, 11) is 0. The molecule has 1 saturated heterocycles. The van der Waals surface area contributed by atoms with Gasteiger partial charge in [0.25, 0.3) is 0 Å². The van der Waals surface area contributed by atoms with Gasteiger partial charge in [-0.1, -0.05) is 42.6 Å². The second kappa shape index (κ2) is 7.27. The summed E-state index contributed by atoms with van der Waals surface area (Å²) in [4.78, 5) is 25.3. The summed E-state index contributed by atoms with van der Waals surface area (Å²) in [6, 6.07) is 0. The van der Waals surface area contributed by atoms with Crippen molar-refractivity contribution in [1.29, 1.82) is 0 Å². The molecule has 0 radical (unpaired) electrons. The first-order valence-corrected chi connectivity index (χ1v) is 8.10. The summed E-state index contributed by atoms with van der Waals surface area (Å²) in [6.07, 6.45) is 6.07. The fourth-order valence-corrected chi connectivity index (χ4v) is 3.57. The molecule has 1 aliphatic heterocycles. The lowest BCUT2D eigenvalue weighted by atomic mass is 9.80. The molecule has 1 rings (SSSR count). The predicted octanol–water partition coefficient (Wildman–Crippen LogP) is 3.51. The molecule has 0 aromatic rings. The zero-order valence-electron chi connectivity index (χ0n) is 11.5. The fraction of sp³-hybridized carbons (Fsp3) is 0.857. The molecule has 104 valence electrons. The second-order valence-electron chi connectivity index (χ2n) is 5.36. The van der Waals surface area contributed by atoms with E-state index < -0.39 is 0 Å². The number of carbonyl (C=O) groups excluding carboxylic acids is 2. The van der Waals surface area contributed by atoms with E-state index in [9.17, 15) is 9.59 Å². The zero-order chi connectivity index (χ0) is 13.6. The minimum absolute atomic E-state index is 0.0174. The first kappa shape index (κ1) is 15.7. The maximum absolute atomic E-state index is 11.9. The van der Waals surface area contributed by atoms with Crippen LogP contribution >= 0.6 is 15.9 Å². The van der Waals surface area contributed by atoms with Gasteiger partial charge in [0.2, 0.25) is 11.8 Å². The maximum atomic E-state index is 11.9. The van der Waals surface area contributed by atoms with Crippen LogP contribution in [0.2, 0.25) is 0 Å². The van der Waals surface area contributed by atoms with E-state index in [2.05, 4.69) is 29.8 Å². The number of nitrogens with zero attached hydrogens (tertiary/aromatic N) is 1. The Bertz CT molecular complexity index is 282. The van der Waals surface area contributed by atoms with Crippen molar-refractivity contribution in [2.24, 2.45) is 5.41 Å². The Morgan fingerprint density at radius 3 is 2.00 bits per heavy atom. The molecule has 1 aliphatic rings. The van der Waals surface area contributed by atoms with Gasteiger partial charge in [0.05, 0.1) is 0 Å². The summed E-state index contributed by atoms with van der Waals surface area (Å²) in [5.41, 5.74) is 0.0617. The van der Waals surface area contributed by atoms with E-state index in [1.54, 1.807) is 0 Å². The standard InChI is InChI=1S/C14H24BrNO2/c1-3-8-14(10-15,9-4-2)11-16-12(17)6-5-7-13(16)18/h3-11H2,1-2H3. The van der Waals surface area contributed by atoms with E-state index in [1.807, 2.05) is 0 Å². The van der Waals surface area contributed by atoms with Crippen LogP contribution in [0.3, 0.4) is 0 Å². The molecule has 0 aliphatic carbocycles. The molecule has 0 unspecified atom stereocenters. The predicted molar refractivity (Wildman–Crippen MR) is 76.6 cm³/mol. The highest BCUT2D eigenvalue weighted by Crippen LogP contribution is 2.34. The third kappa shape index (κ3) is 3.81. The van der Waals surface area contributed by atoms with Crippen molar-refractivity contribution >= 4 is 27.7 Å². The van der Waals surface area contributed by atoms with Gasteiger partial charge >= 0.3 is 0 Å². The molecule has 0 bridgehead atoms. The van der Waals surface area contributed by atoms with Crippen molar-refractivity contribution in [2.75, 3.05) is 11.9 Å². The van der Waals surface area contributed by atoms with Gasteiger partial charge in [-0.2, -0.15) is 0 Å². The quantitative estimate of drug-likeness (QED) is 0.532. The minimum Gasteiger partial charge on any atom is -0.282 e. The van der Waals surface area contributed by atoms with E-state index >= 15 is 0 Å². The second-order valence-corrected chi connectivity index (χ2v) is 5.92. The molecule has 0 N–H and O–H groups in total. The van der Waals surface area contributed by atoms with Crippen LogP contribution in [-0.2, 0) is 9.59 Å². The SMILES string of the molecule is CCCC(CBr)(CCC)CN1C(=O)CCCC1=O. The van der Waals surface area contributed by atoms with Gasteiger partial charge in [-0.3, -0.25) is 14.5 Å². The molecule has 0 aromatic carbocycles. The van der Waals surface area contributed by atoms with Crippen molar-refractivity contribution in [3.05, 3.63) is 0 Å². The van der Waals surface area contributed by atoms with Crippen LogP contribution in [0.1, 0.15) is 58.8 Å². The van der Waals surface area contributed by atoms with Crippen molar-refractivity contribution in [1.82, 2.24) is 4.90 Å². The number of hydrogen-bond acceptors (Lipinski definition) is 2. The van der Waals surface area contributed by atoms with Gasteiger partial charge < -0.3 is 0 Å². The number of rotatable bonds is 7. The Balaban J connectivity index is 2.80. The third-order valence-electron chi connectivity index (χ3n) is 3.72. The largest absolute Gasteiger partial charge is 0.282 e.